The number of aryl methyl sites for hydroxylation is 1. The van der Waals surface area contributed by atoms with Crippen molar-refractivity contribution < 1.29 is 12.8 Å². The van der Waals surface area contributed by atoms with Gasteiger partial charge in [0.2, 0.25) is 10.0 Å². The standard InChI is InChI=1S/C22H25FN4O2S/c1-3-30(28,29)27-10-6-18(7-11-27)26-21-13-17(12-16-4-8-24-14-20(16)21)19-5-9-25-15(2)22(19)23/h4-5,8-9,12-14,18,26H,3,6-7,10-11H2,1-2H3. The van der Waals surface area contributed by atoms with Gasteiger partial charge in [0.25, 0.3) is 0 Å². The third-order valence-corrected chi connectivity index (χ3v) is 7.58. The topological polar surface area (TPSA) is 75.2 Å². The van der Waals surface area contributed by atoms with E-state index in [1.807, 2.05) is 18.2 Å². The fraction of sp³-hybridized carbons (Fsp3) is 0.364. The lowest BCUT2D eigenvalue weighted by Crippen LogP contribution is -2.42. The van der Waals surface area contributed by atoms with E-state index in [-0.39, 0.29) is 17.6 Å². The average molecular weight is 429 g/mol. The molecule has 3 aromatic rings. The Balaban J connectivity index is 1.65. The van der Waals surface area contributed by atoms with Gasteiger partial charge in [0.15, 0.2) is 5.82 Å². The van der Waals surface area contributed by atoms with Crippen molar-refractivity contribution in [2.45, 2.75) is 32.7 Å². The van der Waals surface area contributed by atoms with Crippen LogP contribution in [0, 0.1) is 12.7 Å². The van der Waals surface area contributed by atoms with Crippen LogP contribution in [0.5, 0.6) is 0 Å². The van der Waals surface area contributed by atoms with Crippen LogP contribution < -0.4 is 5.32 Å². The number of fused-ring (bicyclic) bond motifs is 1. The van der Waals surface area contributed by atoms with E-state index >= 15 is 0 Å². The van der Waals surface area contributed by atoms with Gasteiger partial charge in [-0.3, -0.25) is 9.97 Å². The Morgan fingerprint density at radius 3 is 2.70 bits per heavy atom. The van der Waals surface area contributed by atoms with Gasteiger partial charge in [0.1, 0.15) is 0 Å². The van der Waals surface area contributed by atoms with E-state index in [9.17, 15) is 12.8 Å². The first-order valence-corrected chi connectivity index (χ1v) is 11.7. The zero-order valence-electron chi connectivity index (χ0n) is 17.1. The average Bonchev–Trinajstić information content (AvgIpc) is 2.76. The number of halogens is 1. The molecule has 30 heavy (non-hydrogen) atoms. The summed E-state index contributed by atoms with van der Waals surface area (Å²) < 4.78 is 40.5. The number of nitrogens with zero attached hydrogens (tertiary/aromatic N) is 3. The van der Waals surface area contributed by atoms with Gasteiger partial charge in [-0.05, 0) is 61.9 Å². The van der Waals surface area contributed by atoms with E-state index in [2.05, 4.69) is 15.3 Å². The van der Waals surface area contributed by atoms with Crippen molar-refractivity contribution in [3.63, 3.8) is 0 Å². The monoisotopic (exact) mass is 428 g/mol. The minimum Gasteiger partial charge on any atom is -0.382 e. The number of aromatic nitrogens is 2. The van der Waals surface area contributed by atoms with E-state index in [1.165, 1.54) is 0 Å². The van der Waals surface area contributed by atoms with Crippen molar-refractivity contribution in [1.82, 2.24) is 14.3 Å². The summed E-state index contributed by atoms with van der Waals surface area (Å²) in [4.78, 5) is 8.27. The molecule has 158 valence electrons. The van der Waals surface area contributed by atoms with E-state index < -0.39 is 10.0 Å². The number of hydrogen-bond donors (Lipinski definition) is 1. The molecule has 0 aliphatic carbocycles. The Morgan fingerprint density at radius 1 is 1.20 bits per heavy atom. The summed E-state index contributed by atoms with van der Waals surface area (Å²) in [7, 11) is -3.16. The molecule has 1 aromatic carbocycles. The van der Waals surface area contributed by atoms with Crippen molar-refractivity contribution in [2.75, 3.05) is 24.2 Å². The minimum atomic E-state index is -3.16. The first-order chi connectivity index (χ1) is 14.4. The Labute approximate surface area is 176 Å². The molecule has 0 amide bonds. The molecule has 1 aliphatic heterocycles. The van der Waals surface area contributed by atoms with E-state index in [0.717, 1.165) is 22.0 Å². The minimum absolute atomic E-state index is 0.125. The van der Waals surface area contributed by atoms with Crippen LogP contribution >= 0.6 is 0 Å². The second-order valence-corrected chi connectivity index (χ2v) is 9.85. The van der Waals surface area contributed by atoms with Crippen LogP contribution in [0.4, 0.5) is 10.1 Å². The normalized spacial score (nSPS) is 16.1. The van der Waals surface area contributed by atoms with Crippen molar-refractivity contribution in [1.29, 1.82) is 0 Å². The number of pyridine rings is 2. The van der Waals surface area contributed by atoms with Crippen molar-refractivity contribution in [3.05, 3.63) is 54.4 Å². The summed E-state index contributed by atoms with van der Waals surface area (Å²) in [6.45, 7) is 4.33. The quantitative estimate of drug-likeness (QED) is 0.666. The molecule has 1 N–H and O–H groups in total. The first-order valence-electron chi connectivity index (χ1n) is 10.1. The maximum atomic E-state index is 14.7. The molecule has 0 atom stereocenters. The van der Waals surface area contributed by atoms with Crippen LogP contribution in [0.15, 0.2) is 42.9 Å². The molecule has 0 unspecified atom stereocenters. The van der Waals surface area contributed by atoms with Gasteiger partial charge >= 0.3 is 0 Å². The smallest absolute Gasteiger partial charge is 0.213 e. The molecule has 1 fully saturated rings. The SMILES string of the molecule is CCS(=O)(=O)N1CCC(Nc2cc(-c3ccnc(C)c3F)cc3ccncc23)CC1. The van der Waals surface area contributed by atoms with Gasteiger partial charge in [0.05, 0.1) is 11.4 Å². The van der Waals surface area contributed by atoms with Crippen molar-refractivity contribution in [2.24, 2.45) is 0 Å². The summed E-state index contributed by atoms with van der Waals surface area (Å²) in [6, 6.07) is 7.62. The van der Waals surface area contributed by atoms with Crippen LogP contribution in [0.1, 0.15) is 25.5 Å². The molecule has 4 rings (SSSR count). The number of anilines is 1. The molecule has 8 heteroatoms. The number of rotatable bonds is 5. The number of hydrogen-bond acceptors (Lipinski definition) is 5. The fourth-order valence-corrected chi connectivity index (χ4v) is 5.06. The molecule has 0 spiro atoms. The van der Waals surface area contributed by atoms with Gasteiger partial charge in [-0.2, -0.15) is 0 Å². The van der Waals surface area contributed by atoms with E-state index in [4.69, 9.17) is 0 Å². The number of nitrogens with one attached hydrogen (secondary N) is 1. The molecule has 1 aliphatic rings. The molecule has 2 aromatic heterocycles. The highest BCUT2D eigenvalue weighted by atomic mass is 32.2. The van der Waals surface area contributed by atoms with Crippen LogP contribution in [-0.2, 0) is 10.0 Å². The fourth-order valence-electron chi connectivity index (χ4n) is 3.93. The number of piperidine rings is 1. The number of sulfonamides is 1. The Morgan fingerprint density at radius 2 is 1.97 bits per heavy atom. The Kier molecular flexibility index (Phi) is 5.71. The Hall–Kier alpha value is -2.58. The maximum absolute atomic E-state index is 14.7. The van der Waals surface area contributed by atoms with Gasteiger partial charge < -0.3 is 5.32 Å². The first kappa shape index (κ1) is 20.7. The largest absolute Gasteiger partial charge is 0.382 e. The molecule has 0 saturated carbocycles. The van der Waals surface area contributed by atoms with Crippen molar-refractivity contribution >= 4 is 26.5 Å². The highest BCUT2D eigenvalue weighted by Crippen LogP contribution is 2.33. The zero-order chi connectivity index (χ0) is 21.3. The maximum Gasteiger partial charge on any atom is 0.213 e. The zero-order valence-corrected chi connectivity index (χ0v) is 17.9. The summed E-state index contributed by atoms with van der Waals surface area (Å²) >= 11 is 0. The van der Waals surface area contributed by atoms with Gasteiger partial charge in [-0.25, -0.2) is 17.1 Å². The lowest BCUT2D eigenvalue weighted by molar-refractivity contribution is 0.330. The molecule has 3 heterocycles. The lowest BCUT2D eigenvalue weighted by atomic mass is 9.99. The summed E-state index contributed by atoms with van der Waals surface area (Å²) in [6.07, 6.45) is 6.56. The van der Waals surface area contributed by atoms with Gasteiger partial charge in [-0.15, -0.1) is 0 Å². The third-order valence-electron chi connectivity index (χ3n) is 5.70. The summed E-state index contributed by atoms with van der Waals surface area (Å²) in [5.41, 5.74) is 2.51. The third kappa shape index (κ3) is 4.02. The second kappa shape index (κ2) is 8.28. The van der Waals surface area contributed by atoms with E-state index in [0.29, 0.717) is 37.2 Å². The molecule has 6 nitrogen and oxygen atoms in total. The van der Waals surface area contributed by atoms with Crippen LogP contribution in [-0.4, -0.2) is 47.6 Å². The van der Waals surface area contributed by atoms with Crippen LogP contribution in [0.25, 0.3) is 21.9 Å². The molecular formula is C22H25FN4O2S. The van der Waals surface area contributed by atoms with Crippen LogP contribution in [0.3, 0.4) is 0 Å². The summed E-state index contributed by atoms with van der Waals surface area (Å²) in [5, 5.41) is 5.48. The molecule has 1 saturated heterocycles. The second-order valence-electron chi connectivity index (χ2n) is 7.60. The Bertz CT molecular complexity index is 1170. The molecule has 0 radical (unpaired) electrons. The molecule has 0 bridgehead atoms. The molecular weight excluding hydrogens is 403 g/mol. The predicted molar refractivity (Wildman–Crippen MR) is 117 cm³/mol. The summed E-state index contributed by atoms with van der Waals surface area (Å²) in [5.74, 6) is -0.199. The number of benzene rings is 1. The van der Waals surface area contributed by atoms with Gasteiger partial charge in [0, 0.05) is 54.4 Å². The highest BCUT2D eigenvalue weighted by molar-refractivity contribution is 7.89. The lowest BCUT2D eigenvalue weighted by Gasteiger charge is -2.32. The highest BCUT2D eigenvalue weighted by Gasteiger charge is 2.27. The van der Waals surface area contributed by atoms with Gasteiger partial charge in [-0.1, -0.05) is 0 Å². The van der Waals surface area contributed by atoms with Crippen LogP contribution in [0.2, 0.25) is 0 Å². The van der Waals surface area contributed by atoms with E-state index in [1.54, 1.807) is 42.8 Å². The predicted octanol–water partition coefficient (Wildman–Crippen LogP) is 3.97. The van der Waals surface area contributed by atoms with Crippen molar-refractivity contribution in [3.8, 4) is 11.1 Å².